The van der Waals surface area contributed by atoms with E-state index in [1.165, 1.54) is 19.3 Å². The molecule has 1 atom stereocenters. The van der Waals surface area contributed by atoms with Gasteiger partial charge in [0.15, 0.2) is 8.03 Å². The van der Waals surface area contributed by atoms with Gasteiger partial charge in [-0.15, -0.1) is 0 Å². The summed E-state index contributed by atoms with van der Waals surface area (Å²) in [5.41, 5.74) is 0. The first-order chi connectivity index (χ1) is 3.79. The summed E-state index contributed by atoms with van der Waals surface area (Å²) in [5, 5.41) is 0. The quantitative estimate of drug-likeness (QED) is 0.577. The van der Waals surface area contributed by atoms with E-state index in [0.717, 1.165) is 0 Å². The minimum atomic E-state index is -2.14. The van der Waals surface area contributed by atoms with E-state index >= 15 is 0 Å². The Kier molecular flexibility index (Phi) is 2.09. The molecule has 0 spiro atoms. The normalized spacial score (nSPS) is 24.6. The van der Waals surface area contributed by atoms with E-state index in [1.807, 2.05) is 0 Å². The Labute approximate surface area is 49.8 Å². The van der Waals surface area contributed by atoms with Crippen molar-refractivity contribution >= 4 is 8.03 Å². The number of hydrogen-bond donors (Lipinski definition) is 1. The van der Waals surface area contributed by atoms with Gasteiger partial charge in [0.25, 0.3) is 0 Å². The van der Waals surface area contributed by atoms with Crippen LogP contribution in [0.2, 0.25) is 0 Å². The van der Waals surface area contributed by atoms with Crippen LogP contribution in [0.25, 0.3) is 0 Å². The molecule has 48 valence electrons. The van der Waals surface area contributed by atoms with Gasteiger partial charge in [-0.3, -0.25) is 4.57 Å². The van der Waals surface area contributed by atoms with Crippen LogP contribution >= 0.6 is 8.03 Å². The highest BCUT2D eigenvalue weighted by Gasteiger charge is 2.18. The van der Waals surface area contributed by atoms with E-state index in [4.69, 9.17) is 4.89 Å². The van der Waals surface area contributed by atoms with E-state index in [-0.39, 0.29) is 0 Å². The highest BCUT2D eigenvalue weighted by molar-refractivity contribution is 7.38. The summed E-state index contributed by atoms with van der Waals surface area (Å²) < 4.78 is 10.2. The van der Waals surface area contributed by atoms with Crippen molar-refractivity contribution in [3.63, 3.8) is 0 Å². The Bertz CT molecular complexity index is 98.6. The fraction of sp³-hybridized carbons (Fsp3) is 1.00. The third-order valence-electron chi connectivity index (χ3n) is 1.69. The minimum absolute atomic E-state index is 0.574. The van der Waals surface area contributed by atoms with Crippen LogP contribution < -0.4 is 0 Å². The Morgan fingerprint density at radius 2 is 2.25 bits per heavy atom. The minimum Gasteiger partial charge on any atom is -0.346 e. The first-order valence-corrected chi connectivity index (χ1v) is 4.57. The second-order valence-electron chi connectivity index (χ2n) is 2.39. The monoisotopic (exact) mass is 134 g/mol. The van der Waals surface area contributed by atoms with Crippen molar-refractivity contribution in [1.29, 1.82) is 0 Å². The molecule has 1 rings (SSSR count). The van der Waals surface area contributed by atoms with Crippen LogP contribution in [0, 0.1) is 5.92 Å². The molecule has 1 fully saturated rings. The molecule has 0 bridgehead atoms. The topological polar surface area (TPSA) is 37.3 Å². The first kappa shape index (κ1) is 6.31. The average molecular weight is 134 g/mol. The fourth-order valence-corrected chi connectivity index (χ4v) is 1.85. The maximum atomic E-state index is 10.2. The van der Waals surface area contributed by atoms with Gasteiger partial charge in [-0.1, -0.05) is 6.42 Å². The molecule has 1 unspecified atom stereocenters. The molecule has 0 aromatic rings. The molecular formula is C5H11O2P. The largest absolute Gasteiger partial charge is 0.346 e. The maximum absolute atomic E-state index is 10.2. The molecule has 8 heavy (non-hydrogen) atoms. The Hall–Kier alpha value is 0.190. The predicted octanol–water partition coefficient (Wildman–Crippen LogP) is 1.25. The van der Waals surface area contributed by atoms with Crippen LogP contribution in [0.5, 0.6) is 0 Å². The average Bonchev–Trinajstić information content (AvgIpc) is 1.55. The zero-order chi connectivity index (χ0) is 5.98. The summed E-state index contributed by atoms with van der Waals surface area (Å²) in [7, 11) is -2.14. The van der Waals surface area contributed by atoms with Gasteiger partial charge in [0.1, 0.15) is 0 Å². The lowest BCUT2D eigenvalue weighted by Gasteiger charge is -2.23. The lowest BCUT2D eigenvalue weighted by Crippen LogP contribution is -2.12. The van der Waals surface area contributed by atoms with E-state index in [9.17, 15) is 4.57 Å². The van der Waals surface area contributed by atoms with Crippen LogP contribution in [-0.4, -0.2) is 11.1 Å². The highest BCUT2D eigenvalue weighted by atomic mass is 31.1. The lowest BCUT2D eigenvalue weighted by atomic mass is 9.87. The highest BCUT2D eigenvalue weighted by Crippen LogP contribution is 2.32. The number of hydrogen-bond acceptors (Lipinski definition) is 1. The van der Waals surface area contributed by atoms with Crippen molar-refractivity contribution in [3.05, 3.63) is 0 Å². The van der Waals surface area contributed by atoms with E-state index in [0.29, 0.717) is 12.1 Å². The molecule has 1 aliphatic carbocycles. The second-order valence-corrected chi connectivity index (χ2v) is 3.59. The van der Waals surface area contributed by atoms with Crippen molar-refractivity contribution in [2.75, 3.05) is 6.16 Å². The molecular weight excluding hydrogens is 123 g/mol. The van der Waals surface area contributed by atoms with Gasteiger partial charge in [0, 0.05) is 6.16 Å². The lowest BCUT2D eigenvalue weighted by molar-refractivity contribution is 0.341. The molecule has 3 heteroatoms. The van der Waals surface area contributed by atoms with Gasteiger partial charge in [-0.05, 0) is 18.8 Å². The Morgan fingerprint density at radius 1 is 1.62 bits per heavy atom. The van der Waals surface area contributed by atoms with Gasteiger partial charge < -0.3 is 4.89 Å². The van der Waals surface area contributed by atoms with Crippen LogP contribution in [0.4, 0.5) is 0 Å². The van der Waals surface area contributed by atoms with Crippen LogP contribution in [0.15, 0.2) is 0 Å². The molecule has 0 amide bonds. The smallest absolute Gasteiger partial charge is 0.189 e. The molecule has 0 aromatic heterocycles. The maximum Gasteiger partial charge on any atom is 0.189 e. The molecule has 1 N–H and O–H groups in total. The molecule has 0 aromatic carbocycles. The van der Waals surface area contributed by atoms with Crippen LogP contribution in [0.3, 0.4) is 0 Å². The summed E-state index contributed by atoms with van der Waals surface area (Å²) >= 11 is 0. The summed E-state index contributed by atoms with van der Waals surface area (Å²) in [6.45, 7) is 0. The SMILES string of the molecule is O=[PH](O)CC1CCC1. The van der Waals surface area contributed by atoms with Gasteiger partial charge >= 0.3 is 0 Å². The third kappa shape index (κ3) is 1.61. The molecule has 0 radical (unpaired) electrons. The van der Waals surface area contributed by atoms with Crippen molar-refractivity contribution < 1.29 is 9.46 Å². The van der Waals surface area contributed by atoms with E-state index in [1.54, 1.807) is 0 Å². The molecule has 2 nitrogen and oxygen atoms in total. The Morgan fingerprint density at radius 3 is 2.38 bits per heavy atom. The van der Waals surface area contributed by atoms with Gasteiger partial charge in [-0.2, -0.15) is 0 Å². The van der Waals surface area contributed by atoms with Crippen LogP contribution in [-0.2, 0) is 4.57 Å². The van der Waals surface area contributed by atoms with E-state index in [2.05, 4.69) is 0 Å². The van der Waals surface area contributed by atoms with Gasteiger partial charge in [0.05, 0.1) is 0 Å². The Balaban J connectivity index is 2.09. The zero-order valence-electron chi connectivity index (χ0n) is 4.76. The van der Waals surface area contributed by atoms with Crippen LogP contribution in [0.1, 0.15) is 19.3 Å². The first-order valence-electron chi connectivity index (χ1n) is 3.01. The van der Waals surface area contributed by atoms with Crippen molar-refractivity contribution in [2.24, 2.45) is 5.92 Å². The third-order valence-corrected chi connectivity index (χ3v) is 2.61. The van der Waals surface area contributed by atoms with Crippen molar-refractivity contribution in [2.45, 2.75) is 19.3 Å². The van der Waals surface area contributed by atoms with Gasteiger partial charge in [0.2, 0.25) is 0 Å². The summed E-state index contributed by atoms with van der Waals surface area (Å²) in [5.74, 6) is 0.589. The van der Waals surface area contributed by atoms with E-state index < -0.39 is 8.03 Å². The zero-order valence-corrected chi connectivity index (χ0v) is 5.76. The molecule has 1 saturated carbocycles. The molecule has 0 saturated heterocycles. The van der Waals surface area contributed by atoms with Gasteiger partial charge in [-0.25, -0.2) is 0 Å². The number of rotatable bonds is 2. The molecule has 1 aliphatic rings. The van der Waals surface area contributed by atoms with Crippen molar-refractivity contribution in [3.8, 4) is 0 Å². The summed E-state index contributed by atoms with van der Waals surface area (Å²) in [6.07, 6.45) is 4.19. The second kappa shape index (κ2) is 2.65. The predicted molar refractivity (Wildman–Crippen MR) is 33.4 cm³/mol. The molecule has 0 heterocycles. The van der Waals surface area contributed by atoms with Crippen molar-refractivity contribution in [1.82, 2.24) is 0 Å². The summed E-state index contributed by atoms with van der Waals surface area (Å²) in [6, 6.07) is 0. The standard InChI is InChI=1S/C5H11O2P/c6-8(7)4-5-2-1-3-5/h5,8H,1-4H2,(H,6,7). The fourth-order valence-electron chi connectivity index (χ4n) is 0.944. The summed E-state index contributed by atoms with van der Waals surface area (Å²) in [4.78, 5) is 8.43. The molecule has 0 aliphatic heterocycles.